The number of hydrogen-bond donors (Lipinski definition) is 2. The maximum Gasteiger partial charge on any atom is 0.247 e. The average molecular weight is 500 g/mol. The number of likely N-dealkylation sites (N-methyl/N-ethyl adjacent to an activating group) is 1. The SMILES string of the molecule is C=CC(=O)Nc1cccc(Sc2sc(Nc3ccc(N4CCN(C)CC4)cc3C)nc2Cl)c1. The van der Waals surface area contributed by atoms with Gasteiger partial charge in [-0.15, -0.1) is 0 Å². The molecule has 0 saturated carbocycles. The second-order valence-electron chi connectivity index (χ2n) is 7.84. The fourth-order valence-corrected chi connectivity index (χ4v) is 5.84. The van der Waals surface area contributed by atoms with Gasteiger partial charge in [0.2, 0.25) is 5.91 Å². The Labute approximate surface area is 207 Å². The molecule has 9 heteroatoms. The molecule has 1 fully saturated rings. The lowest BCUT2D eigenvalue weighted by atomic mass is 10.1. The van der Waals surface area contributed by atoms with Crippen LogP contribution in [0.5, 0.6) is 0 Å². The Balaban J connectivity index is 1.44. The second kappa shape index (κ2) is 10.6. The molecule has 33 heavy (non-hydrogen) atoms. The van der Waals surface area contributed by atoms with Crippen LogP contribution in [0.25, 0.3) is 0 Å². The smallest absolute Gasteiger partial charge is 0.247 e. The summed E-state index contributed by atoms with van der Waals surface area (Å²) in [4.78, 5) is 21.8. The fraction of sp³-hybridized carbons (Fsp3) is 0.250. The van der Waals surface area contributed by atoms with Crippen LogP contribution in [0.3, 0.4) is 0 Å². The number of aryl methyl sites for hydroxylation is 1. The topological polar surface area (TPSA) is 60.5 Å². The molecule has 2 aromatic carbocycles. The first kappa shape index (κ1) is 23.6. The number of carbonyl (C=O) groups excluding carboxylic acids is 1. The summed E-state index contributed by atoms with van der Waals surface area (Å²) in [5.41, 5.74) is 4.14. The normalized spacial score (nSPS) is 14.2. The van der Waals surface area contributed by atoms with Crippen molar-refractivity contribution in [1.29, 1.82) is 0 Å². The predicted octanol–water partition coefficient (Wildman–Crippen LogP) is 5.88. The van der Waals surface area contributed by atoms with E-state index >= 15 is 0 Å². The van der Waals surface area contributed by atoms with Gasteiger partial charge in [0.1, 0.15) is 4.21 Å². The average Bonchev–Trinajstić information content (AvgIpc) is 3.14. The van der Waals surface area contributed by atoms with E-state index in [1.165, 1.54) is 34.9 Å². The third kappa shape index (κ3) is 6.09. The minimum atomic E-state index is -0.242. The third-order valence-electron chi connectivity index (χ3n) is 5.38. The second-order valence-corrected chi connectivity index (χ2v) is 10.5. The highest BCUT2D eigenvalue weighted by Gasteiger charge is 2.16. The first-order chi connectivity index (χ1) is 15.9. The molecule has 1 aliphatic heterocycles. The van der Waals surface area contributed by atoms with Gasteiger partial charge in [-0.1, -0.05) is 47.3 Å². The lowest BCUT2D eigenvalue weighted by Gasteiger charge is -2.34. The lowest BCUT2D eigenvalue weighted by molar-refractivity contribution is -0.111. The zero-order valence-electron chi connectivity index (χ0n) is 18.6. The Morgan fingerprint density at radius 1 is 1.21 bits per heavy atom. The largest absolute Gasteiger partial charge is 0.369 e. The summed E-state index contributed by atoms with van der Waals surface area (Å²) in [7, 11) is 2.17. The first-order valence-corrected chi connectivity index (χ1v) is 12.6. The number of benzene rings is 2. The molecule has 1 saturated heterocycles. The quantitative estimate of drug-likeness (QED) is 0.396. The van der Waals surface area contributed by atoms with E-state index in [1.54, 1.807) is 0 Å². The minimum Gasteiger partial charge on any atom is -0.369 e. The van der Waals surface area contributed by atoms with E-state index in [1.807, 2.05) is 24.3 Å². The van der Waals surface area contributed by atoms with E-state index in [4.69, 9.17) is 11.6 Å². The van der Waals surface area contributed by atoms with E-state index in [-0.39, 0.29) is 5.91 Å². The standard InChI is InChI=1S/C24H26ClN5OS2/c1-4-21(31)26-17-6-5-7-19(15-17)32-23-22(25)28-24(33-23)27-20-9-8-18(14-16(20)2)30-12-10-29(3)11-13-30/h4-9,14-15H,1,10-13H2,2-3H3,(H,26,31)(H,27,28). The van der Waals surface area contributed by atoms with Gasteiger partial charge in [0, 0.05) is 48.1 Å². The van der Waals surface area contributed by atoms with Gasteiger partial charge >= 0.3 is 0 Å². The molecular formula is C24H26ClN5OS2. The molecule has 0 atom stereocenters. The predicted molar refractivity (Wildman–Crippen MR) is 141 cm³/mol. The number of amides is 1. The molecule has 172 valence electrons. The molecule has 1 aromatic heterocycles. The third-order valence-corrected chi connectivity index (χ3v) is 8.01. The van der Waals surface area contributed by atoms with Crippen molar-refractivity contribution >= 4 is 62.8 Å². The van der Waals surface area contributed by atoms with Crippen molar-refractivity contribution in [1.82, 2.24) is 9.88 Å². The number of rotatable bonds is 7. The van der Waals surface area contributed by atoms with Gasteiger partial charge in [0.15, 0.2) is 10.3 Å². The molecule has 0 radical (unpaired) electrons. The highest BCUT2D eigenvalue weighted by atomic mass is 35.5. The highest BCUT2D eigenvalue weighted by Crippen LogP contribution is 2.41. The van der Waals surface area contributed by atoms with E-state index < -0.39 is 0 Å². The summed E-state index contributed by atoms with van der Waals surface area (Å²) in [5, 5.41) is 7.39. The minimum absolute atomic E-state index is 0.242. The zero-order valence-corrected chi connectivity index (χ0v) is 21.0. The summed E-state index contributed by atoms with van der Waals surface area (Å²) in [6.45, 7) is 9.85. The molecule has 2 N–H and O–H groups in total. The number of thiazole rings is 1. The van der Waals surface area contributed by atoms with Gasteiger partial charge in [-0.2, -0.15) is 0 Å². The van der Waals surface area contributed by atoms with Crippen LogP contribution in [0, 0.1) is 6.92 Å². The van der Waals surface area contributed by atoms with Gasteiger partial charge in [0.05, 0.1) is 0 Å². The summed E-state index contributed by atoms with van der Waals surface area (Å²) < 4.78 is 0.887. The number of hydrogen-bond acceptors (Lipinski definition) is 7. The maximum absolute atomic E-state index is 11.6. The van der Waals surface area contributed by atoms with E-state index in [0.29, 0.717) is 10.8 Å². The Morgan fingerprint density at radius 3 is 2.73 bits per heavy atom. The van der Waals surface area contributed by atoms with Crippen molar-refractivity contribution in [3.63, 3.8) is 0 Å². The summed E-state index contributed by atoms with van der Waals surface area (Å²) >= 11 is 9.45. The number of halogens is 1. The van der Waals surface area contributed by atoms with Crippen molar-refractivity contribution in [2.75, 3.05) is 48.8 Å². The number of nitrogens with zero attached hydrogens (tertiary/aromatic N) is 3. The molecule has 0 aliphatic carbocycles. The monoisotopic (exact) mass is 499 g/mol. The fourth-order valence-electron chi connectivity index (χ4n) is 3.51. The van der Waals surface area contributed by atoms with Crippen LogP contribution in [0.2, 0.25) is 5.15 Å². The molecule has 0 spiro atoms. The van der Waals surface area contributed by atoms with Crippen molar-refractivity contribution < 1.29 is 4.79 Å². The molecule has 1 amide bonds. The number of aromatic nitrogens is 1. The van der Waals surface area contributed by atoms with Gasteiger partial charge in [-0.05, 0) is 62.0 Å². The van der Waals surface area contributed by atoms with Gasteiger partial charge < -0.3 is 20.4 Å². The van der Waals surface area contributed by atoms with Crippen LogP contribution in [-0.2, 0) is 4.79 Å². The van der Waals surface area contributed by atoms with E-state index in [0.717, 1.165) is 51.7 Å². The van der Waals surface area contributed by atoms with E-state index in [9.17, 15) is 4.79 Å². The van der Waals surface area contributed by atoms with Crippen LogP contribution in [-0.4, -0.2) is 49.0 Å². The van der Waals surface area contributed by atoms with Gasteiger partial charge in [-0.3, -0.25) is 4.79 Å². The summed E-state index contributed by atoms with van der Waals surface area (Å²) in [6.07, 6.45) is 1.25. The molecule has 2 heterocycles. The lowest BCUT2D eigenvalue weighted by Crippen LogP contribution is -2.44. The Morgan fingerprint density at radius 2 is 2.00 bits per heavy atom. The van der Waals surface area contributed by atoms with Crippen LogP contribution >= 0.6 is 34.7 Å². The van der Waals surface area contributed by atoms with Crippen LogP contribution in [0.1, 0.15) is 5.56 Å². The van der Waals surface area contributed by atoms with Crippen LogP contribution < -0.4 is 15.5 Å². The molecule has 4 rings (SSSR count). The molecule has 0 unspecified atom stereocenters. The Hall–Kier alpha value is -2.52. The molecular weight excluding hydrogens is 474 g/mol. The van der Waals surface area contributed by atoms with Crippen LogP contribution in [0.4, 0.5) is 22.2 Å². The number of piperazine rings is 1. The molecule has 6 nitrogen and oxygen atoms in total. The Kier molecular flexibility index (Phi) is 7.60. The number of carbonyl (C=O) groups is 1. The number of anilines is 4. The van der Waals surface area contributed by atoms with Crippen molar-refractivity contribution in [2.45, 2.75) is 16.0 Å². The van der Waals surface area contributed by atoms with Crippen molar-refractivity contribution in [3.8, 4) is 0 Å². The zero-order chi connectivity index (χ0) is 23.4. The van der Waals surface area contributed by atoms with Crippen LogP contribution in [0.15, 0.2) is 64.2 Å². The maximum atomic E-state index is 11.6. The summed E-state index contributed by atoms with van der Waals surface area (Å²) in [6, 6.07) is 14.1. The van der Waals surface area contributed by atoms with Crippen molar-refractivity contribution in [2.24, 2.45) is 0 Å². The summed E-state index contributed by atoms with van der Waals surface area (Å²) in [5.74, 6) is -0.242. The number of nitrogens with one attached hydrogen (secondary N) is 2. The van der Waals surface area contributed by atoms with Gasteiger partial charge in [-0.25, -0.2) is 4.98 Å². The first-order valence-electron chi connectivity index (χ1n) is 10.6. The highest BCUT2D eigenvalue weighted by molar-refractivity contribution is 8.01. The molecule has 0 bridgehead atoms. The van der Waals surface area contributed by atoms with Crippen molar-refractivity contribution in [3.05, 3.63) is 65.8 Å². The van der Waals surface area contributed by atoms with E-state index in [2.05, 4.69) is 64.2 Å². The van der Waals surface area contributed by atoms with Gasteiger partial charge in [0.25, 0.3) is 0 Å². The molecule has 3 aromatic rings. The Bertz CT molecular complexity index is 1160. The molecule has 1 aliphatic rings.